The highest BCUT2D eigenvalue weighted by molar-refractivity contribution is 5.57. The summed E-state index contributed by atoms with van der Waals surface area (Å²) in [6, 6.07) is 18.2. The van der Waals surface area contributed by atoms with Crippen LogP contribution >= 0.6 is 0 Å². The van der Waals surface area contributed by atoms with Crippen LogP contribution in [-0.4, -0.2) is 22.3 Å². The van der Waals surface area contributed by atoms with Gasteiger partial charge >= 0.3 is 0 Å². The number of nitrogens with one attached hydrogen (secondary N) is 1. The lowest BCUT2D eigenvalue weighted by molar-refractivity contribution is 0.415. The Bertz CT molecular complexity index is 737. The van der Waals surface area contributed by atoms with Crippen molar-refractivity contribution >= 4 is 0 Å². The molecule has 2 aromatic carbocycles. The molecule has 0 saturated carbocycles. The van der Waals surface area contributed by atoms with Gasteiger partial charge in [0.2, 0.25) is 0 Å². The number of hydrogen-bond acceptors (Lipinski definition) is 3. The number of aromatic amines is 1. The van der Waals surface area contributed by atoms with E-state index in [0.29, 0.717) is 5.82 Å². The fourth-order valence-electron chi connectivity index (χ4n) is 2.59. The zero-order valence-electron chi connectivity index (χ0n) is 12.8. The summed E-state index contributed by atoms with van der Waals surface area (Å²) in [5.74, 6) is 2.63. The molecule has 4 heteroatoms. The minimum absolute atomic E-state index is 0.230. The molecular formula is C18H19N3O. The maximum atomic E-state index is 5.26. The highest BCUT2D eigenvalue weighted by Gasteiger charge is 2.17. The van der Waals surface area contributed by atoms with Crippen molar-refractivity contribution in [3.63, 3.8) is 0 Å². The van der Waals surface area contributed by atoms with E-state index in [1.807, 2.05) is 30.3 Å². The molecule has 0 amide bonds. The standard InChI is InChI=1S/C18H19N3O/c1-3-16(13-8-5-4-6-9-13)18-19-17(20-21-18)14-10-7-11-15(12-14)22-2/h4-12,16H,3H2,1-2H3,(H,19,20,21). The highest BCUT2D eigenvalue weighted by Crippen LogP contribution is 2.27. The largest absolute Gasteiger partial charge is 0.497 e. The Balaban J connectivity index is 1.92. The van der Waals surface area contributed by atoms with Crippen molar-refractivity contribution in [2.45, 2.75) is 19.3 Å². The van der Waals surface area contributed by atoms with E-state index in [1.165, 1.54) is 5.56 Å². The van der Waals surface area contributed by atoms with Gasteiger partial charge in [0.25, 0.3) is 0 Å². The molecule has 1 unspecified atom stereocenters. The first-order valence-electron chi connectivity index (χ1n) is 7.43. The molecule has 1 atom stereocenters. The quantitative estimate of drug-likeness (QED) is 0.773. The molecule has 0 fully saturated rings. The first-order chi connectivity index (χ1) is 10.8. The van der Waals surface area contributed by atoms with Crippen LogP contribution in [0, 0.1) is 0 Å². The van der Waals surface area contributed by atoms with E-state index in [2.05, 4.69) is 46.4 Å². The number of hydrogen-bond donors (Lipinski definition) is 1. The maximum absolute atomic E-state index is 5.26. The van der Waals surface area contributed by atoms with Crippen LogP contribution in [0.3, 0.4) is 0 Å². The van der Waals surface area contributed by atoms with Gasteiger partial charge in [0.15, 0.2) is 5.82 Å². The van der Waals surface area contributed by atoms with Crippen LogP contribution in [0.5, 0.6) is 5.75 Å². The number of aromatic nitrogens is 3. The molecule has 112 valence electrons. The van der Waals surface area contributed by atoms with E-state index in [4.69, 9.17) is 4.74 Å². The van der Waals surface area contributed by atoms with Gasteiger partial charge < -0.3 is 4.74 Å². The van der Waals surface area contributed by atoms with Crippen molar-refractivity contribution in [3.05, 3.63) is 66.0 Å². The van der Waals surface area contributed by atoms with Crippen LogP contribution in [0.25, 0.3) is 11.4 Å². The second-order valence-electron chi connectivity index (χ2n) is 5.15. The van der Waals surface area contributed by atoms with E-state index in [-0.39, 0.29) is 5.92 Å². The number of benzene rings is 2. The van der Waals surface area contributed by atoms with E-state index in [9.17, 15) is 0 Å². The third-order valence-corrected chi connectivity index (χ3v) is 3.77. The Morgan fingerprint density at radius 3 is 2.64 bits per heavy atom. The summed E-state index contributed by atoms with van der Waals surface area (Å²) < 4.78 is 5.26. The summed E-state index contributed by atoms with van der Waals surface area (Å²) in [4.78, 5) is 4.68. The van der Waals surface area contributed by atoms with Crippen LogP contribution in [0.4, 0.5) is 0 Å². The Labute approximate surface area is 130 Å². The molecule has 0 aliphatic carbocycles. The molecular weight excluding hydrogens is 274 g/mol. The van der Waals surface area contributed by atoms with Crippen molar-refractivity contribution in [2.24, 2.45) is 0 Å². The second kappa shape index (κ2) is 6.43. The van der Waals surface area contributed by atoms with Crippen molar-refractivity contribution in [3.8, 4) is 17.1 Å². The molecule has 0 aliphatic rings. The highest BCUT2D eigenvalue weighted by atomic mass is 16.5. The van der Waals surface area contributed by atoms with Crippen molar-refractivity contribution in [1.29, 1.82) is 0 Å². The number of ether oxygens (including phenoxy) is 1. The maximum Gasteiger partial charge on any atom is 0.181 e. The summed E-state index contributed by atoms with van der Waals surface area (Å²) in [5.41, 5.74) is 2.20. The third kappa shape index (κ3) is 2.86. The summed E-state index contributed by atoms with van der Waals surface area (Å²) >= 11 is 0. The fraction of sp³-hybridized carbons (Fsp3) is 0.222. The minimum Gasteiger partial charge on any atom is -0.497 e. The second-order valence-corrected chi connectivity index (χ2v) is 5.15. The molecule has 3 aromatic rings. The first kappa shape index (κ1) is 14.3. The third-order valence-electron chi connectivity index (χ3n) is 3.77. The SMILES string of the molecule is CCC(c1ccccc1)c1nc(-c2cccc(OC)c2)n[nH]1. The molecule has 4 nitrogen and oxygen atoms in total. The van der Waals surface area contributed by atoms with Gasteiger partial charge in [0, 0.05) is 11.5 Å². The predicted molar refractivity (Wildman–Crippen MR) is 86.9 cm³/mol. The van der Waals surface area contributed by atoms with Crippen molar-refractivity contribution in [2.75, 3.05) is 7.11 Å². The lowest BCUT2D eigenvalue weighted by Crippen LogP contribution is -2.01. The Morgan fingerprint density at radius 1 is 1.09 bits per heavy atom. The van der Waals surface area contributed by atoms with Crippen molar-refractivity contribution < 1.29 is 4.74 Å². The molecule has 0 spiro atoms. The smallest absolute Gasteiger partial charge is 0.181 e. The Hall–Kier alpha value is -2.62. The average Bonchev–Trinajstić information content (AvgIpc) is 3.06. The van der Waals surface area contributed by atoms with Gasteiger partial charge in [0.1, 0.15) is 11.6 Å². The Morgan fingerprint density at radius 2 is 1.91 bits per heavy atom. The van der Waals surface area contributed by atoms with Gasteiger partial charge in [-0.2, -0.15) is 5.10 Å². The fourth-order valence-corrected chi connectivity index (χ4v) is 2.59. The van der Waals surface area contributed by atoms with Gasteiger partial charge in [-0.3, -0.25) is 5.10 Å². The number of methoxy groups -OCH3 is 1. The summed E-state index contributed by atoms with van der Waals surface area (Å²) in [5, 5.41) is 7.45. The predicted octanol–water partition coefficient (Wildman–Crippen LogP) is 4.02. The molecule has 3 rings (SSSR count). The molecule has 0 bridgehead atoms. The van der Waals surface area contributed by atoms with Gasteiger partial charge in [0.05, 0.1) is 7.11 Å². The van der Waals surface area contributed by atoms with Gasteiger partial charge in [-0.1, -0.05) is 49.4 Å². The lowest BCUT2D eigenvalue weighted by Gasteiger charge is -2.11. The zero-order chi connectivity index (χ0) is 15.4. The number of H-pyrrole nitrogens is 1. The summed E-state index contributed by atoms with van der Waals surface area (Å²) in [6.45, 7) is 2.16. The molecule has 22 heavy (non-hydrogen) atoms. The first-order valence-corrected chi connectivity index (χ1v) is 7.43. The van der Waals surface area contributed by atoms with Gasteiger partial charge in [-0.05, 0) is 24.1 Å². The minimum atomic E-state index is 0.230. The lowest BCUT2D eigenvalue weighted by atomic mass is 9.96. The van der Waals surface area contributed by atoms with E-state index in [0.717, 1.165) is 23.6 Å². The number of nitrogens with zero attached hydrogens (tertiary/aromatic N) is 2. The van der Waals surface area contributed by atoms with Gasteiger partial charge in [-0.15, -0.1) is 0 Å². The molecule has 0 saturated heterocycles. The molecule has 1 aromatic heterocycles. The van der Waals surface area contributed by atoms with Crippen molar-refractivity contribution in [1.82, 2.24) is 15.2 Å². The average molecular weight is 293 g/mol. The molecule has 1 N–H and O–H groups in total. The summed E-state index contributed by atoms with van der Waals surface area (Å²) in [7, 11) is 1.66. The van der Waals surface area contributed by atoms with Crippen LogP contribution in [-0.2, 0) is 0 Å². The number of rotatable bonds is 5. The van der Waals surface area contributed by atoms with E-state index < -0.39 is 0 Å². The molecule has 0 aliphatic heterocycles. The zero-order valence-corrected chi connectivity index (χ0v) is 12.8. The van der Waals surface area contributed by atoms with E-state index >= 15 is 0 Å². The topological polar surface area (TPSA) is 50.8 Å². The Kier molecular flexibility index (Phi) is 4.19. The molecule has 1 heterocycles. The summed E-state index contributed by atoms with van der Waals surface area (Å²) in [6.07, 6.45) is 0.969. The van der Waals surface area contributed by atoms with Crippen LogP contribution in [0.1, 0.15) is 30.7 Å². The monoisotopic (exact) mass is 293 g/mol. The van der Waals surface area contributed by atoms with Crippen LogP contribution in [0.15, 0.2) is 54.6 Å². The van der Waals surface area contributed by atoms with Crippen LogP contribution in [0.2, 0.25) is 0 Å². The normalized spacial score (nSPS) is 12.1. The van der Waals surface area contributed by atoms with E-state index in [1.54, 1.807) is 7.11 Å². The van der Waals surface area contributed by atoms with Gasteiger partial charge in [-0.25, -0.2) is 4.98 Å². The van der Waals surface area contributed by atoms with Crippen LogP contribution < -0.4 is 4.74 Å². The molecule has 0 radical (unpaired) electrons.